The van der Waals surface area contributed by atoms with E-state index in [9.17, 15) is 9.59 Å². The first-order chi connectivity index (χ1) is 14.5. The molecule has 2 aromatic heterocycles. The summed E-state index contributed by atoms with van der Waals surface area (Å²) in [5, 5.41) is 0. The third-order valence-electron chi connectivity index (χ3n) is 4.68. The summed E-state index contributed by atoms with van der Waals surface area (Å²) in [5.41, 5.74) is 2.47. The Kier molecular flexibility index (Phi) is 5.17. The van der Waals surface area contributed by atoms with Crippen LogP contribution in [0.5, 0.6) is 5.75 Å². The Bertz CT molecular complexity index is 1250. The minimum atomic E-state index is -0.567. The average molecular weight is 401 g/mol. The molecule has 0 unspecified atom stereocenters. The third kappa shape index (κ3) is 3.73. The Balaban J connectivity index is 1.54. The van der Waals surface area contributed by atoms with E-state index in [1.54, 1.807) is 45.9 Å². The van der Waals surface area contributed by atoms with Crippen LogP contribution in [0.25, 0.3) is 5.69 Å². The molecule has 0 amide bonds. The first-order valence-electron chi connectivity index (χ1n) is 9.28. The van der Waals surface area contributed by atoms with Gasteiger partial charge in [0.15, 0.2) is 5.69 Å². The maximum absolute atomic E-state index is 12.9. The number of ether oxygens (including phenoxy) is 1. The Hall–Kier alpha value is -4.13. The molecular formula is C23H19N3O4. The lowest BCUT2D eigenvalue weighted by Crippen LogP contribution is -2.19. The van der Waals surface area contributed by atoms with Crippen LogP contribution in [0, 0.1) is 6.92 Å². The van der Waals surface area contributed by atoms with E-state index in [2.05, 4.69) is 4.99 Å². The molecule has 0 aliphatic heterocycles. The molecule has 2 heterocycles. The molecule has 0 radical (unpaired) electrons. The minimum absolute atomic E-state index is 0.134. The number of carbonyl (C=O) groups excluding carboxylic acids is 1. The molecule has 4 aromatic rings. The number of hydrogen-bond acceptors (Lipinski definition) is 5. The van der Waals surface area contributed by atoms with Crippen molar-refractivity contribution in [2.75, 3.05) is 0 Å². The molecule has 0 saturated heterocycles. The van der Waals surface area contributed by atoms with Crippen molar-refractivity contribution in [1.29, 1.82) is 0 Å². The van der Waals surface area contributed by atoms with Crippen molar-refractivity contribution < 1.29 is 13.9 Å². The van der Waals surface area contributed by atoms with E-state index in [-0.39, 0.29) is 11.3 Å². The van der Waals surface area contributed by atoms with Crippen molar-refractivity contribution in [2.45, 2.75) is 6.92 Å². The van der Waals surface area contributed by atoms with Gasteiger partial charge in [0.25, 0.3) is 5.56 Å². The molecule has 0 spiro atoms. The lowest BCUT2D eigenvalue weighted by Gasteiger charge is -2.07. The zero-order valence-electron chi connectivity index (χ0n) is 16.5. The molecule has 0 saturated carbocycles. The second-order valence-corrected chi connectivity index (χ2v) is 6.60. The Morgan fingerprint density at radius 2 is 1.77 bits per heavy atom. The fourth-order valence-electron chi connectivity index (χ4n) is 3.02. The van der Waals surface area contributed by atoms with Gasteiger partial charge in [-0.15, -0.1) is 0 Å². The van der Waals surface area contributed by atoms with Gasteiger partial charge in [0.1, 0.15) is 5.75 Å². The van der Waals surface area contributed by atoms with Crippen molar-refractivity contribution in [1.82, 2.24) is 9.36 Å². The number of para-hydroxylation sites is 1. The first kappa shape index (κ1) is 19.2. The van der Waals surface area contributed by atoms with Gasteiger partial charge in [0.05, 0.1) is 17.6 Å². The third-order valence-corrected chi connectivity index (χ3v) is 4.68. The molecule has 0 fully saturated rings. The highest BCUT2D eigenvalue weighted by atomic mass is 16.5. The summed E-state index contributed by atoms with van der Waals surface area (Å²) < 4.78 is 13.6. The standard InChI is InChI=1S/C23H19N3O4/c1-16-21(22(27)26(25(16)2)18-7-4-3-5-8-18)24-15-17-10-12-19(13-11-17)30-23(28)20-9-6-14-29-20/h3-15H,1-2H3. The van der Waals surface area contributed by atoms with Gasteiger partial charge >= 0.3 is 5.97 Å². The second-order valence-electron chi connectivity index (χ2n) is 6.60. The number of furan rings is 1. The van der Waals surface area contributed by atoms with Crippen molar-refractivity contribution >= 4 is 17.9 Å². The highest BCUT2D eigenvalue weighted by molar-refractivity contribution is 5.88. The van der Waals surface area contributed by atoms with Gasteiger partial charge in [-0.05, 0) is 61.0 Å². The Morgan fingerprint density at radius 3 is 2.43 bits per heavy atom. The van der Waals surface area contributed by atoms with Crippen LogP contribution in [0.2, 0.25) is 0 Å². The number of hydrogen-bond donors (Lipinski definition) is 0. The Morgan fingerprint density at radius 1 is 1.03 bits per heavy atom. The molecule has 0 aliphatic rings. The van der Waals surface area contributed by atoms with Gasteiger partial charge < -0.3 is 9.15 Å². The highest BCUT2D eigenvalue weighted by Crippen LogP contribution is 2.18. The molecule has 150 valence electrons. The van der Waals surface area contributed by atoms with Crippen LogP contribution in [-0.4, -0.2) is 21.5 Å². The summed E-state index contributed by atoms with van der Waals surface area (Å²) in [6.45, 7) is 1.85. The van der Waals surface area contributed by atoms with Crippen LogP contribution in [-0.2, 0) is 7.05 Å². The lowest BCUT2D eigenvalue weighted by atomic mass is 10.2. The lowest BCUT2D eigenvalue weighted by molar-refractivity contribution is 0.0701. The number of rotatable bonds is 5. The second kappa shape index (κ2) is 8.08. The van der Waals surface area contributed by atoms with Crippen LogP contribution in [0.15, 0.2) is 87.2 Å². The van der Waals surface area contributed by atoms with Gasteiger partial charge in [-0.25, -0.2) is 14.5 Å². The van der Waals surface area contributed by atoms with E-state index >= 15 is 0 Å². The molecule has 0 aliphatic carbocycles. The van der Waals surface area contributed by atoms with E-state index in [0.29, 0.717) is 11.4 Å². The molecule has 2 aromatic carbocycles. The highest BCUT2D eigenvalue weighted by Gasteiger charge is 2.15. The number of aromatic nitrogens is 2. The molecular weight excluding hydrogens is 382 g/mol. The van der Waals surface area contributed by atoms with E-state index in [4.69, 9.17) is 9.15 Å². The number of nitrogens with zero attached hydrogens (tertiary/aromatic N) is 3. The number of esters is 1. The van der Waals surface area contributed by atoms with Gasteiger partial charge in [0.2, 0.25) is 5.76 Å². The predicted molar refractivity (Wildman–Crippen MR) is 113 cm³/mol. The quantitative estimate of drug-likeness (QED) is 0.287. The summed E-state index contributed by atoms with van der Waals surface area (Å²) in [4.78, 5) is 29.2. The fraction of sp³-hybridized carbons (Fsp3) is 0.0870. The number of carbonyl (C=O) groups is 1. The number of aliphatic imine (C=N–C) groups is 1. The van der Waals surface area contributed by atoms with E-state index in [0.717, 1.165) is 16.9 Å². The van der Waals surface area contributed by atoms with E-state index in [1.807, 2.05) is 44.3 Å². The zero-order chi connectivity index (χ0) is 21.1. The largest absolute Gasteiger partial charge is 0.457 e. The molecule has 7 heteroatoms. The topological polar surface area (TPSA) is 78.7 Å². The van der Waals surface area contributed by atoms with Crippen molar-refractivity contribution in [3.8, 4) is 11.4 Å². The van der Waals surface area contributed by atoms with Gasteiger partial charge in [-0.2, -0.15) is 0 Å². The number of benzene rings is 2. The molecule has 7 nitrogen and oxygen atoms in total. The monoisotopic (exact) mass is 401 g/mol. The van der Waals surface area contributed by atoms with E-state index in [1.165, 1.54) is 12.3 Å². The Labute approximate surface area is 172 Å². The van der Waals surface area contributed by atoms with Crippen LogP contribution in [0.4, 0.5) is 5.69 Å². The summed E-state index contributed by atoms with van der Waals surface area (Å²) in [5.74, 6) is -0.0476. The van der Waals surface area contributed by atoms with Crippen LogP contribution in [0.3, 0.4) is 0 Å². The smallest absolute Gasteiger partial charge is 0.379 e. The van der Waals surface area contributed by atoms with E-state index < -0.39 is 5.97 Å². The summed E-state index contributed by atoms with van der Waals surface area (Å²) in [6.07, 6.45) is 3.02. The normalized spacial score (nSPS) is 11.1. The summed E-state index contributed by atoms with van der Waals surface area (Å²) >= 11 is 0. The average Bonchev–Trinajstić information content (AvgIpc) is 3.37. The summed E-state index contributed by atoms with van der Waals surface area (Å²) in [7, 11) is 1.82. The molecule has 0 atom stereocenters. The van der Waals surface area contributed by atoms with Gasteiger partial charge in [-0.1, -0.05) is 18.2 Å². The molecule has 30 heavy (non-hydrogen) atoms. The van der Waals surface area contributed by atoms with Crippen LogP contribution in [0.1, 0.15) is 21.8 Å². The van der Waals surface area contributed by atoms with Crippen LogP contribution < -0.4 is 10.3 Å². The maximum atomic E-state index is 12.9. The van der Waals surface area contributed by atoms with Gasteiger partial charge in [0, 0.05) is 13.3 Å². The SMILES string of the molecule is Cc1c(N=Cc2ccc(OC(=O)c3ccco3)cc2)c(=O)n(-c2ccccc2)n1C. The fourth-order valence-corrected chi connectivity index (χ4v) is 3.02. The molecule has 4 rings (SSSR count). The van der Waals surface area contributed by atoms with Crippen molar-refractivity contribution in [3.63, 3.8) is 0 Å². The van der Waals surface area contributed by atoms with Crippen LogP contribution >= 0.6 is 0 Å². The maximum Gasteiger partial charge on any atom is 0.379 e. The first-order valence-corrected chi connectivity index (χ1v) is 9.28. The van der Waals surface area contributed by atoms with Gasteiger partial charge in [-0.3, -0.25) is 9.48 Å². The molecule has 0 bridgehead atoms. The predicted octanol–water partition coefficient (Wildman–Crippen LogP) is 4.05. The van der Waals surface area contributed by atoms with Crippen molar-refractivity contribution in [2.24, 2.45) is 12.0 Å². The minimum Gasteiger partial charge on any atom is -0.457 e. The zero-order valence-corrected chi connectivity index (χ0v) is 16.5. The molecule has 0 N–H and O–H groups in total. The summed E-state index contributed by atoms with van der Waals surface area (Å²) in [6, 6.07) is 19.4. The van der Waals surface area contributed by atoms with Crippen molar-refractivity contribution in [3.05, 3.63) is 100 Å².